The van der Waals surface area contributed by atoms with E-state index in [9.17, 15) is 4.79 Å². The number of nitrogens with one attached hydrogen (secondary N) is 2. The fraction of sp³-hybridized carbons (Fsp3) is 0.240. The molecule has 0 radical (unpaired) electrons. The van der Waals surface area contributed by atoms with E-state index >= 15 is 0 Å². The van der Waals surface area contributed by atoms with Crippen molar-refractivity contribution in [2.75, 3.05) is 6.54 Å². The van der Waals surface area contributed by atoms with E-state index in [1.807, 2.05) is 61.5 Å². The molecule has 0 saturated carbocycles. The first-order valence-corrected chi connectivity index (χ1v) is 11.4. The van der Waals surface area contributed by atoms with Gasteiger partial charge in [0.25, 0.3) is 5.91 Å². The number of carbonyl (C=O) groups is 1. The molecule has 5 nitrogen and oxygen atoms in total. The number of carbonyl (C=O) groups excluding carboxylic acids is 1. The van der Waals surface area contributed by atoms with Crippen LogP contribution < -0.4 is 5.32 Å². The average Bonchev–Trinajstić information content (AvgIpc) is 3.21. The Morgan fingerprint density at radius 1 is 1.03 bits per heavy atom. The van der Waals surface area contributed by atoms with Crippen molar-refractivity contribution in [3.05, 3.63) is 70.2 Å². The molecule has 0 fully saturated rings. The van der Waals surface area contributed by atoms with Crippen LogP contribution in [0.2, 0.25) is 0 Å². The molecule has 6 heteroatoms. The van der Waals surface area contributed by atoms with Crippen LogP contribution in [0.4, 0.5) is 0 Å². The van der Waals surface area contributed by atoms with E-state index in [4.69, 9.17) is 4.98 Å². The molecular weight excluding hydrogens is 452 g/mol. The van der Waals surface area contributed by atoms with Crippen molar-refractivity contribution in [2.45, 2.75) is 33.1 Å². The number of fused-ring (bicyclic) bond motifs is 1. The highest BCUT2D eigenvalue weighted by atomic mass is 79.9. The lowest BCUT2D eigenvalue weighted by Gasteiger charge is -2.10. The van der Waals surface area contributed by atoms with Gasteiger partial charge in [-0.2, -0.15) is 5.10 Å². The van der Waals surface area contributed by atoms with E-state index in [0.717, 1.165) is 51.6 Å². The summed E-state index contributed by atoms with van der Waals surface area (Å²) in [5, 5.41) is 11.4. The third-order valence-corrected chi connectivity index (χ3v) is 5.84. The number of pyridine rings is 1. The van der Waals surface area contributed by atoms with Gasteiger partial charge in [-0.25, -0.2) is 4.98 Å². The molecule has 0 atom stereocenters. The molecule has 158 valence electrons. The number of aryl methyl sites for hydroxylation is 1. The molecule has 1 amide bonds. The molecule has 0 aliphatic rings. The van der Waals surface area contributed by atoms with E-state index in [2.05, 4.69) is 38.4 Å². The van der Waals surface area contributed by atoms with E-state index < -0.39 is 0 Å². The van der Waals surface area contributed by atoms with Gasteiger partial charge in [0.05, 0.1) is 22.3 Å². The largest absolute Gasteiger partial charge is 0.352 e. The first-order chi connectivity index (χ1) is 15.1. The second-order valence-corrected chi connectivity index (χ2v) is 8.60. The van der Waals surface area contributed by atoms with Crippen LogP contribution in [0.1, 0.15) is 42.1 Å². The summed E-state index contributed by atoms with van der Waals surface area (Å²) in [5.41, 5.74) is 5.75. The molecule has 2 aromatic carbocycles. The minimum absolute atomic E-state index is 0.100. The number of halogens is 1. The first-order valence-electron chi connectivity index (χ1n) is 10.6. The van der Waals surface area contributed by atoms with Crippen LogP contribution in [0.5, 0.6) is 0 Å². The SMILES string of the molecule is CCCCCNC(=O)c1cc(-c2ccc(C)cc2)nc2n[nH]c(-c3ccc(Br)cc3)c12. The fourth-order valence-corrected chi connectivity index (χ4v) is 3.84. The predicted octanol–water partition coefficient (Wildman–Crippen LogP) is 6.28. The standard InChI is InChI=1S/C25H25BrN4O/c1-3-4-5-14-27-25(31)20-15-21(17-8-6-16(2)7-9-17)28-24-22(20)23(29-30-24)18-10-12-19(26)13-11-18/h6-13,15H,3-5,14H2,1-2H3,(H,27,31)(H,28,29,30). The Morgan fingerprint density at radius 2 is 1.74 bits per heavy atom. The van der Waals surface area contributed by atoms with Gasteiger partial charge in [-0.05, 0) is 31.5 Å². The summed E-state index contributed by atoms with van der Waals surface area (Å²) in [6.07, 6.45) is 3.17. The van der Waals surface area contributed by atoms with Gasteiger partial charge in [0.15, 0.2) is 5.65 Å². The summed E-state index contributed by atoms with van der Waals surface area (Å²) in [4.78, 5) is 18.0. The number of nitrogens with zero attached hydrogens (tertiary/aromatic N) is 2. The van der Waals surface area contributed by atoms with Crippen LogP contribution in [0.15, 0.2) is 59.1 Å². The molecule has 4 aromatic rings. The lowest BCUT2D eigenvalue weighted by atomic mass is 10.0. The Kier molecular flexibility index (Phi) is 6.47. The maximum absolute atomic E-state index is 13.2. The van der Waals surface area contributed by atoms with Crippen molar-refractivity contribution in [3.8, 4) is 22.5 Å². The normalized spacial score (nSPS) is 11.1. The summed E-state index contributed by atoms with van der Waals surface area (Å²) < 4.78 is 0.994. The molecule has 2 N–H and O–H groups in total. The molecule has 2 heterocycles. The molecule has 0 aliphatic heterocycles. The molecule has 31 heavy (non-hydrogen) atoms. The maximum atomic E-state index is 13.2. The Hall–Kier alpha value is -2.99. The number of amides is 1. The van der Waals surface area contributed by atoms with Crippen molar-refractivity contribution in [1.29, 1.82) is 0 Å². The van der Waals surface area contributed by atoms with Gasteiger partial charge in [0, 0.05) is 22.1 Å². The first kappa shape index (κ1) is 21.2. The average molecular weight is 477 g/mol. The highest BCUT2D eigenvalue weighted by Gasteiger charge is 2.20. The summed E-state index contributed by atoms with van der Waals surface area (Å²) in [6.45, 7) is 4.85. The second kappa shape index (κ2) is 9.43. The molecule has 0 spiro atoms. The van der Waals surface area contributed by atoms with E-state index in [-0.39, 0.29) is 5.91 Å². The molecule has 0 saturated heterocycles. The number of benzene rings is 2. The molecule has 0 aliphatic carbocycles. The van der Waals surface area contributed by atoms with Gasteiger partial charge in [-0.15, -0.1) is 0 Å². The number of rotatable bonds is 7. The zero-order chi connectivity index (χ0) is 21.8. The van der Waals surface area contributed by atoms with Gasteiger partial charge in [-0.3, -0.25) is 9.89 Å². The Balaban J connectivity index is 1.82. The van der Waals surface area contributed by atoms with E-state index in [1.165, 1.54) is 5.56 Å². The van der Waals surface area contributed by atoms with Crippen LogP contribution in [-0.2, 0) is 0 Å². The Labute approximate surface area is 190 Å². The highest BCUT2D eigenvalue weighted by molar-refractivity contribution is 9.10. The number of hydrogen-bond acceptors (Lipinski definition) is 3. The minimum Gasteiger partial charge on any atom is -0.352 e. The lowest BCUT2D eigenvalue weighted by molar-refractivity contribution is 0.0954. The summed E-state index contributed by atoms with van der Waals surface area (Å²) in [5.74, 6) is -0.100. The van der Waals surface area contributed by atoms with E-state index in [1.54, 1.807) is 0 Å². The quantitative estimate of drug-likeness (QED) is 0.308. The van der Waals surface area contributed by atoms with Crippen molar-refractivity contribution in [1.82, 2.24) is 20.5 Å². The number of H-pyrrole nitrogens is 1. The zero-order valence-electron chi connectivity index (χ0n) is 17.7. The summed E-state index contributed by atoms with van der Waals surface area (Å²) >= 11 is 3.48. The predicted molar refractivity (Wildman–Crippen MR) is 129 cm³/mol. The number of aromatic nitrogens is 3. The second-order valence-electron chi connectivity index (χ2n) is 7.69. The van der Waals surface area contributed by atoms with Gasteiger partial charge in [0.1, 0.15) is 0 Å². The van der Waals surface area contributed by atoms with Crippen molar-refractivity contribution < 1.29 is 4.79 Å². The van der Waals surface area contributed by atoms with Crippen LogP contribution in [0, 0.1) is 6.92 Å². The van der Waals surface area contributed by atoms with Crippen LogP contribution in [-0.4, -0.2) is 27.6 Å². The van der Waals surface area contributed by atoms with E-state index in [0.29, 0.717) is 17.8 Å². The van der Waals surface area contributed by atoms with Crippen molar-refractivity contribution in [3.63, 3.8) is 0 Å². The summed E-state index contributed by atoms with van der Waals surface area (Å²) in [6, 6.07) is 17.9. The number of aromatic amines is 1. The Bertz CT molecular complexity index is 1200. The monoisotopic (exact) mass is 476 g/mol. The topological polar surface area (TPSA) is 70.7 Å². The van der Waals surface area contributed by atoms with Crippen LogP contribution >= 0.6 is 15.9 Å². The molecule has 2 aromatic heterocycles. The number of hydrogen-bond donors (Lipinski definition) is 2. The maximum Gasteiger partial charge on any atom is 0.252 e. The van der Waals surface area contributed by atoms with Crippen LogP contribution in [0.25, 0.3) is 33.5 Å². The highest BCUT2D eigenvalue weighted by Crippen LogP contribution is 2.32. The number of unbranched alkanes of at least 4 members (excludes halogenated alkanes) is 2. The zero-order valence-corrected chi connectivity index (χ0v) is 19.3. The van der Waals surface area contributed by atoms with Gasteiger partial charge in [0.2, 0.25) is 0 Å². The minimum atomic E-state index is -0.100. The fourth-order valence-electron chi connectivity index (χ4n) is 3.57. The third-order valence-electron chi connectivity index (χ3n) is 5.31. The van der Waals surface area contributed by atoms with Gasteiger partial charge < -0.3 is 5.32 Å². The molecule has 0 bridgehead atoms. The van der Waals surface area contributed by atoms with Gasteiger partial charge >= 0.3 is 0 Å². The van der Waals surface area contributed by atoms with Gasteiger partial charge in [-0.1, -0.05) is 77.7 Å². The summed E-state index contributed by atoms with van der Waals surface area (Å²) in [7, 11) is 0. The molecule has 0 unspecified atom stereocenters. The molecular formula is C25H25BrN4O. The Morgan fingerprint density at radius 3 is 2.45 bits per heavy atom. The smallest absolute Gasteiger partial charge is 0.252 e. The van der Waals surface area contributed by atoms with Crippen molar-refractivity contribution >= 4 is 32.9 Å². The van der Waals surface area contributed by atoms with Crippen molar-refractivity contribution in [2.24, 2.45) is 0 Å². The lowest BCUT2D eigenvalue weighted by Crippen LogP contribution is -2.24. The molecule has 4 rings (SSSR count). The third kappa shape index (κ3) is 4.69. The van der Waals surface area contributed by atoms with Crippen LogP contribution in [0.3, 0.4) is 0 Å².